The molecule has 1 atom stereocenters. The standard InChI is InChI=1S/C29H35N7O4S/c1-7-35(8-2)29-30-15-21(23-17(4)34-41-18(23)5)25(33-29)32-22(28(38)39)14-19-10-12-20(13-11-19)24-26(40-6)31-16-36(9-3)27(24)37/h10-13,15-16,22H,7-9,14H2,1-6H3,(H,38,39)(H,30,32,33)/t22-/m0/s1. The summed E-state index contributed by atoms with van der Waals surface area (Å²) in [5, 5.41) is 13.4. The Hall–Kier alpha value is -4.32. The number of aliphatic carboxylic acids is 1. The molecule has 0 aliphatic rings. The quantitative estimate of drug-likeness (QED) is 0.249. The van der Waals surface area contributed by atoms with Gasteiger partial charge in [0.1, 0.15) is 23.8 Å². The van der Waals surface area contributed by atoms with E-state index in [1.807, 2.05) is 51.7 Å². The second-order valence-electron chi connectivity index (χ2n) is 9.46. The average molecular weight is 578 g/mol. The van der Waals surface area contributed by atoms with Crippen molar-refractivity contribution < 1.29 is 14.6 Å². The molecule has 0 bridgehead atoms. The molecule has 0 amide bonds. The summed E-state index contributed by atoms with van der Waals surface area (Å²) in [6.07, 6.45) is 3.39. The summed E-state index contributed by atoms with van der Waals surface area (Å²) >= 11 is 1.39. The number of nitrogens with zero attached hydrogens (tertiary/aromatic N) is 6. The van der Waals surface area contributed by atoms with E-state index >= 15 is 0 Å². The van der Waals surface area contributed by atoms with Gasteiger partial charge in [-0.05, 0) is 57.3 Å². The predicted octanol–water partition coefficient (Wildman–Crippen LogP) is 4.42. The summed E-state index contributed by atoms with van der Waals surface area (Å²) in [7, 11) is 1.47. The van der Waals surface area contributed by atoms with Gasteiger partial charge in [0, 0.05) is 48.3 Å². The van der Waals surface area contributed by atoms with Crippen LogP contribution in [-0.2, 0) is 17.8 Å². The fourth-order valence-corrected chi connectivity index (χ4v) is 5.42. The van der Waals surface area contributed by atoms with Crippen LogP contribution in [0.1, 0.15) is 36.9 Å². The number of aromatic nitrogens is 5. The number of carbonyl (C=O) groups is 1. The van der Waals surface area contributed by atoms with E-state index in [1.165, 1.54) is 29.5 Å². The lowest BCUT2D eigenvalue weighted by atomic mass is 10.0. The number of rotatable bonds is 12. The van der Waals surface area contributed by atoms with E-state index in [0.29, 0.717) is 48.1 Å². The Morgan fingerprint density at radius 2 is 1.83 bits per heavy atom. The number of carboxylic acids is 1. The highest BCUT2D eigenvalue weighted by Crippen LogP contribution is 2.35. The lowest BCUT2D eigenvalue weighted by molar-refractivity contribution is -0.137. The van der Waals surface area contributed by atoms with Gasteiger partial charge < -0.3 is 20.1 Å². The minimum atomic E-state index is -1.01. The smallest absolute Gasteiger partial charge is 0.326 e. The molecule has 3 heterocycles. The molecule has 0 unspecified atom stereocenters. The van der Waals surface area contributed by atoms with Gasteiger partial charge >= 0.3 is 5.97 Å². The molecule has 0 spiro atoms. The Morgan fingerprint density at radius 3 is 2.39 bits per heavy atom. The second-order valence-corrected chi connectivity index (χ2v) is 10.4. The average Bonchev–Trinajstić information content (AvgIpc) is 3.31. The van der Waals surface area contributed by atoms with Gasteiger partial charge in [-0.1, -0.05) is 24.3 Å². The van der Waals surface area contributed by atoms with Crippen LogP contribution in [0, 0.1) is 13.8 Å². The first kappa shape index (κ1) is 29.7. The Kier molecular flexibility index (Phi) is 9.33. The lowest BCUT2D eigenvalue weighted by Gasteiger charge is -2.22. The molecule has 3 aromatic heterocycles. The maximum absolute atomic E-state index is 13.0. The largest absolute Gasteiger partial charge is 0.480 e. The Bertz CT molecular complexity index is 1560. The maximum Gasteiger partial charge on any atom is 0.326 e. The molecule has 1 aromatic carbocycles. The highest BCUT2D eigenvalue weighted by molar-refractivity contribution is 7.06. The fourth-order valence-electron chi connectivity index (χ4n) is 4.70. The number of aryl methyl sites for hydroxylation is 3. The van der Waals surface area contributed by atoms with E-state index in [-0.39, 0.29) is 17.9 Å². The molecule has 4 aromatic rings. The molecule has 0 radical (unpaired) electrons. The van der Waals surface area contributed by atoms with Crippen molar-refractivity contribution in [3.8, 4) is 28.1 Å². The van der Waals surface area contributed by atoms with E-state index in [1.54, 1.807) is 18.3 Å². The van der Waals surface area contributed by atoms with Crippen molar-refractivity contribution >= 4 is 29.3 Å². The van der Waals surface area contributed by atoms with E-state index in [2.05, 4.69) is 19.7 Å². The molecule has 41 heavy (non-hydrogen) atoms. The van der Waals surface area contributed by atoms with Crippen LogP contribution in [0.3, 0.4) is 0 Å². The monoisotopic (exact) mass is 577 g/mol. The normalized spacial score (nSPS) is 11.8. The van der Waals surface area contributed by atoms with Crippen molar-refractivity contribution in [3.05, 3.63) is 63.3 Å². The van der Waals surface area contributed by atoms with Gasteiger partial charge in [-0.15, -0.1) is 0 Å². The molecule has 0 fully saturated rings. The van der Waals surface area contributed by atoms with Crippen LogP contribution in [0.4, 0.5) is 11.8 Å². The zero-order valence-electron chi connectivity index (χ0n) is 24.1. The van der Waals surface area contributed by atoms with Gasteiger partial charge in [-0.2, -0.15) is 9.36 Å². The van der Waals surface area contributed by atoms with Gasteiger partial charge in [-0.25, -0.2) is 14.8 Å². The number of benzene rings is 1. The summed E-state index contributed by atoms with van der Waals surface area (Å²) in [5.41, 5.74) is 4.03. The SMILES string of the molecule is CCN(CC)c1ncc(-c2c(C)nsc2C)c(N[C@@H](Cc2ccc(-c3c(OC)ncn(CC)c3=O)cc2)C(=O)O)n1. The van der Waals surface area contributed by atoms with Gasteiger partial charge in [0.05, 0.1) is 12.8 Å². The first-order valence-electron chi connectivity index (χ1n) is 13.5. The third-order valence-corrected chi connectivity index (χ3v) is 7.80. The highest BCUT2D eigenvalue weighted by Gasteiger charge is 2.24. The number of methoxy groups -OCH3 is 1. The first-order chi connectivity index (χ1) is 19.7. The summed E-state index contributed by atoms with van der Waals surface area (Å²) in [6, 6.07) is 6.22. The van der Waals surface area contributed by atoms with E-state index < -0.39 is 12.0 Å². The van der Waals surface area contributed by atoms with E-state index in [9.17, 15) is 14.7 Å². The predicted molar refractivity (Wildman–Crippen MR) is 161 cm³/mol. The fraction of sp³-hybridized carbons (Fsp3) is 0.379. The molecule has 216 valence electrons. The van der Waals surface area contributed by atoms with Gasteiger partial charge in [0.15, 0.2) is 0 Å². The maximum atomic E-state index is 13.0. The summed E-state index contributed by atoms with van der Waals surface area (Å²) in [6.45, 7) is 11.7. The van der Waals surface area contributed by atoms with Crippen molar-refractivity contribution in [1.82, 2.24) is 23.9 Å². The van der Waals surface area contributed by atoms with Crippen molar-refractivity contribution in [2.75, 3.05) is 30.4 Å². The van der Waals surface area contributed by atoms with Crippen LogP contribution in [0.25, 0.3) is 22.3 Å². The number of hydrogen-bond acceptors (Lipinski definition) is 10. The van der Waals surface area contributed by atoms with Crippen molar-refractivity contribution in [3.63, 3.8) is 0 Å². The number of ether oxygens (including phenoxy) is 1. The Labute approximate surface area is 243 Å². The Balaban J connectivity index is 1.68. The van der Waals surface area contributed by atoms with Gasteiger partial charge in [-0.3, -0.25) is 9.36 Å². The van der Waals surface area contributed by atoms with Crippen LogP contribution in [0.2, 0.25) is 0 Å². The molecule has 0 aliphatic heterocycles. The zero-order valence-corrected chi connectivity index (χ0v) is 24.9. The van der Waals surface area contributed by atoms with Gasteiger partial charge in [0.25, 0.3) is 5.56 Å². The first-order valence-corrected chi connectivity index (χ1v) is 14.3. The van der Waals surface area contributed by atoms with Gasteiger partial charge in [0.2, 0.25) is 11.8 Å². The van der Waals surface area contributed by atoms with Crippen LogP contribution in [0.5, 0.6) is 5.88 Å². The van der Waals surface area contributed by atoms with E-state index in [0.717, 1.165) is 21.7 Å². The van der Waals surface area contributed by atoms with Crippen molar-refractivity contribution in [2.45, 2.75) is 53.6 Å². The summed E-state index contributed by atoms with van der Waals surface area (Å²) in [5.74, 6) is 0.194. The zero-order chi connectivity index (χ0) is 29.7. The van der Waals surface area contributed by atoms with E-state index in [4.69, 9.17) is 9.72 Å². The second kappa shape index (κ2) is 12.9. The lowest BCUT2D eigenvalue weighted by Crippen LogP contribution is -2.33. The number of carboxylic acid groups (broad SMARTS) is 1. The van der Waals surface area contributed by atoms with Crippen LogP contribution < -0.4 is 20.5 Å². The molecule has 0 aliphatic carbocycles. The minimum absolute atomic E-state index is 0.183. The topological polar surface area (TPSA) is 135 Å². The van der Waals surface area contributed by atoms with Crippen LogP contribution in [-0.4, -0.2) is 61.2 Å². The summed E-state index contributed by atoms with van der Waals surface area (Å²) in [4.78, 5) is 42.1. The molecular weight excluding hydrogens is 542 g/mol. The molecule has 12 heteroatoms. The number of nitrogens with one attached hydrogen (secondary N) is 1. The molecule has 0 saturated heterocycles. The summed E-state index contributed by atoms with van der Waals surface area (Å²) < 4.78 is 11.3. The number of hydrogen-bond donors (Lipinski definition) is 2. The van der Waals surface area contributed by atoms with Crippen LogP contribution >= 0.6 is 11.5 Å². The molecule has 11 nitrogen and oxygen atoms in total. The highest BCUT2D eigenvalue weighted by atomic mass is 32.1. The molecule has 2 N–H and O–H groups in total. The molecule has 4 rings (SSSR count). The molecule has 0 saturated carbocycles. The third kappa shape index (κ3) is 6.22. The van der Waals surface area contributed by atoms with Crippen molar-refractivity contribution in [2.24, 2.45) is 0 Å². The van der Waals surface area contributed by atoms with Crippen molar-refractivity contribution in [1.29, 1.82) is 0 Å². The minimum Gasteiger partial charge on any atom is -0.480 e. The third-order valence-electron chi connectivity index (χ3n) is 6.95. The molecular formula is C29H35N7O4S. The number of anilines is 2. The Morgan fingerprint density at radius 1 is 1.12 bits per heavy atom. The van der Waals surface area contributed by atoms with Crippen LogP contribution in [0.15, 0.2) is 41.6 Å².